The summed E-state index contributed by atoms with van der Waals surface area (Å²) in [4.78, 5) is 13.3. The van der Waals surface area contributed by atoms with Crippen LogP contribution in [0.4, 0.5) is 0 Å². The Balaban J connectivity index is 2.19. The molecule has 0 bridgehead atoms. The number of sulfonamides is 1. The molecule has 2 heterocycles. The van der Waals surface area contributed by atoms with Crippen molar-refractivity contribution in [3.63, 3.8) is 0 Å². The number of nitrogens with zero attached hydrogens (tertiary/aromatic N) is 3. The van der Waals surface area contributed by atoms with Crippen molar-refractivity contribution >= 4 is 16.0 Å². The van der Waals surface area contributed by atoms with Crippen molar-refractivity contribution in [1.82, 2.24) is 14.4 Å². The van der Waals surface area contributed by atoms with Gasteiger partial charge in [-0.2, -0.15) is 4.31 Å². The van der Waals surface area contributed by atoms with Gasteiger partial charge in [0.1, 0.15) is 16.6 Å². The number of hydrogen-bond donors (Lipinski definition) is 1. The van der Waals surface area contributed by atoms with Crippen LogP contribution in [0.5, 0.6) is 0 Å². The van der Waals surface area contributed by atoms with E-state index >= 15 is 0 Å². The van der Waals surface area contributed by atoms with Crippen molar-refractivity contribution in [2.24, 2.45) is 0 Å². The molecule has 0 aromatic carbocycles. The molecule has 1 atom stereocenters. The van der Waals surface area contributed by atoms with Gasteiger partial charge in [0.25, 0.3) is 0 Å². The zero-order valence-corrected chi connectivity index (χ0v) is 14.5. The molecule has 1 unspecified atom stereocenters. The van der Waals surface area contributed by atoms with Gasteiger partial charge in [-0.05, 0) is 26.7 Å². The van der Waals surface area contributed by atoms with Crippen molar-refractivity contribution in [1.29, 1.82) is 0 Å². The van der Waals surface area contributed by atoms with Crippen LogP contribution >= 0.6 is 0 Å². The molecule has 0 aliphatic carbocycles. The summed E-state index contributed by atoms with van der Waals surface area (Å²) in [6, 6.07) is -0.572. The third-order valence-corrected chi connectivity index (χ3v) is 6.31. The number of aryl methyl sites for hydroxylation is 2. The molecule has 8 nitrogen and oxygen atoms in total. The molecular formula is C14H23N3O5S. The number of aromatic nitrogens is 1. The van der Waals surface area contributed by atoms with Crippen LogP contribution in [0.3, 0.4) is 0 Å². The summed E-state index contributed by atoms with van der Waals surface area (Å²) in [7, 11) is -3.68. The standard InChI is InChI=1S/C14H23N3O5S/c1-4-12(14(18)19)16-6-5-7-17(9-8-16)23(20,21)13-10(2)15-22-11(13)3/h12H,4-9H2,1-3H3,(H,18,19). The molecule has 1 fully saturated rings. The lowest BCUT2D eigenvalue weighted by molar-refractivity contribution is -0.143. The van der Waals surface area contributed by atoms with Gasteiger partial charge in [0.15, 0.2) is 5.76 Å². The zero-order valence-electron chi connectivity index (χ0n) is 13.7. The van der Waals surface area contributed by atoms with Gasteiger partial charge in [0.2, 0.25) is 10.0 Å². The van der Waals surface area contributed by atoms with Crippen LogP contribution in [0.25, 0.3) is 0 Å². The van der Waals surface area contributed by atoms with E-state index in [0.717, 1.165) is 0 Å². The highest BCUT2D eigenvalue weighted by atomic mass is 32.2. The number of carboxylic acids is 1. The van der Waals surface area contributed by atoms with E-state index in [0.29, 0.717) is 38.2 Å². The van der Waals surface area contributed by atoms with Crippen molar-refractivity contribution in [2.75, 3.05) is 26.2 Å². The molecular weight excluding hydrogens is 322 g/mol. The van der Waals surface area contributed by atoms with Crippen LogP contribution in [0, 0.1) is 13.8 Å². The maximum absolute atomic E-state index is 12.8. The predicted octanol–water partition coefficient (Wildman–Crippen LogP) is 0.851. The second kappa shape index (κ2) is 6.98. The van der Waals surface area contributed by atoms with E-state index in [1.165, 1.54) is 4.31 Å². The van der Waals surface area contributed by atoms with Gasteiger partial charge in [-0.1, -0.05) is 12.1 Å². The first-order chi connectivity index (χ1) is 10.8. The topological polar surface area (TPSA) is 104 Å². The Morgan fingerprint density at radius 3 is 2.52 bits per heavy atom. The Kier molecular flexibility index (Phi) is 5.43. The largest absolute Gasteiger partial charge is 0.480 e. The molecule has 0 spiro atoms. The summed E-state index contributed by atoms with van der Waals surface area (Å²) in [5, 5.41) is 13.0. The first-order valence-electron chi connectivity index (χ1n) is 7.69. The second-order valence-electron chi connectivity index (χ2n) is 5.71. The summed E-state index contributed by atoms with van der Waals surface area (Å²) < 4.78 is 32.0. The number of hydrogen-bond acceptors (Lipinski definition) is 6. The smallest absolute Gasteiger partial charge is 0.320 e. The lowest BCUT2D eigenvalue weighted by Gasteiger charge is -2.26. The number of rotatable bonds is 5. The molecule has 130 valence electrons. The summed E-state index contributed by atoms with van der Waals surface area (Å²) in [6.45, 7) is 6.59. The van der Waals surface area contributed by atoms with E-state index in [2.05, 4.69) is 5.16 Å². The van der Waals surface area contributed by atoms with Crippen molar-refractivity contribution in [2.45, 2.75) is 44.6 Å². The van der Waals surface area contributed by atoms with Crippen LogP contribution in [0.2, 0.25) is 0 Å². The fraction of sp³-hybridized carbons (Fsp3) is 0.714. The van der Waals surface area contributed by atoms with Crippen molar-refractivity contribution < 1.29 is 22.8 Å². The van der Waals surface area contributed by atoms with E-state index < -0.39 is 22.0 Å². The van der Waals surface area contributed by atoms with E-state index in [9.17, 15) is 18.3 Å². The van der Waals surface area contributed by atoms with E-state index in [1.807, 2.05) is 11.8 Å². The number of carbonyl (C=O) groups is 1. The Morgan fingerprint density at radius 1 is 1.30 bits per heavy atom. The summed E-state index contributed by atoms with van der Waals surface area (Å²) in [5.74, 6) is -0.588. The quantitative estimate of drug-likeness (QED) is 0.843. The Hall–Kier alpha value is -1.45. The lowest BCUT2D eigenvalue weighted by atomic mass is 10.2. The molecule has 0 radical (unpaired) electrons. The minimum atomic E-state index is -3.68. The van der Waals surface area contributed by atoms with Crippen LogP contribution in [0.15, 0.2) is 9.42 Å². The first kappa shape index (κ1) is 17.9. The molecule has 23 heavy (non-hydrogen) atoms. The number of carboxylic acid groups (broad SMARTS) is 1. The minimum absolute atomic E-state index is 0.122. The van der Waals surface area contributed by atoms with Gasteiger partial charge in [0, 0.05) is 26.2 Å². The summed E-state index contributed by atoms with van der Waals surface area (Å²) in [5.41, 5.74) is 0.348. The number of aliphatic carboxylic acids is 1. The Labute approximate surface area is 136 Å². The summed E-state index contributed by atoms with van der Waals surface area (Å²) >= 11 is 0. The molecule has 1 aliphatic heterocycles. The SMILES string of the molecule is CCC(C(=O)O)N1CCCN(S(=O)(=O)c2c(C)noc2C)CC1. The fourth-order valence-corrected chi connectivity index (χ4v) is 4.79. The highest BCUT2D eigenvalue weighted by molar-refractivity contribution is 7.89. The maximum atomic E-state index is 12.8. The molecule has 1 saturated heterocycles. The molecule has 1 N–H and O–H groups in total. The van der Waals surface area contributed by atoms with Crippen molar-refractivity contribution in [3.8, 4) is 0 Å². The van der Waals surface area contributed by atoms with Crippen molar-refractivity contribution in [3.05, 3.63) is 11.5 Å². The van der Waals surface area contributed by atoms with E-state index in [1.54, 1.807) is 13.8 Å². The summed E-state index contributed by atoms with van der Waals surface area (Å²) in [6.07, 6.45) is 1.08. The zero-order chi connectivity index (χ0) is 17.2. The lowest BCUT2D eigenvalue weighted by Crippen LogP contribution is -2.43. The van der Waals surface area contributed by atoms with Gasteiger partial charge in [-0.3, -0.25) is 9.69 Å². The van der Waals surface area contributed by atoms with Gasteiger partial charge >= 0.3 is 5.97 Å². The van der Waals surface area contributed by atoms with Crippen LogP contribution in [-0.2, 0) is 14.8 Å². The van der Waals surface area contributed by atoms with Gasteiger partial charge in [-0.15, -0.1) is 0 Å². The minimum Gasteiger partial charge on any atom is -0.480 e. The van der Waals surface area contributed by atoms with Gasteiger partial charge in [-0.25, -0.2) is 8.42 Å². The maximum Gasteiger partial charge on any atom is 0.320 e. The Bertz CT molecular complexity index is 650. The average molecular weight is 345 g/mol. The van der Waals surface area contributed by atoms with Gasteiger partial charge < -0.3 is 9.63 Å². The molecule has 9 heteroatoms. The third-order valence-electron chi connectivity index (χ3n) is 4.17. The third kappa shape index (κ3) is 3.56. The first-order valence-corrected chi connectivity index (χ1v) is 9.13. The Morgan fingerprint density at radius 2 is 2.00 bits per heavy atom. The highest BCUT2D eigenvalue weighted by Gasteiger charge is 2.34. The second-order valence-corrected chi connectivity index (χ2v) is 7.58. The van der Waals surface area contributed by atoms with Crippen LogP contribution in [0.1, 0.15) is 31.2 Å². The monoisotopic (exact) mass is 345 g/mol. The molecule has 1 aromatic heterocycles. The van der Waals surface area contributed by atoms with Crippen LogP contribution in [-0.4, -0.2) is 66.1 Å². The highest BCUT2D eigenvalue weighted by Crippen LogP contribution is 2.24. The molecule has 2 rings (SSSR count). The molecule has 0 amide bonds. The normalized spacial score (nSPS) is 19.4. The molecule has 0 saturated carbocycles. The average Bonchev–Trinajstić information content (AvgIpc) is 2.68. The van der Waals surface area contributed by atoms with Gasteiger partial charge in [0.05, 0.1) is 0 Å². The predicted molar refractivity (Wildman–Crippen MR) is 82.6 cm³/mol. The molecule has 1 aromatic rings. The fourth-order valence-electron chi connectivity index (χ4n) is 3.03. The van der Waals surface area contributed by atoms with Crippen LogP contribution < -0.4 is 0 Å². The molecule has 1 aliphatic rings. The van der Waals surface area contributed by atoms with E-state index in [-0.39, 0.29) is 17.2 Å². The van der Waals surface area contributed by atoms with E-state index in [4.69, 9.17) is 4.52 Å².